The molecule has 0 unspecified atom stereocenters. The van der Waals surface area contributed by atoms with Crippen LogP contribution in [0.25, 0.3) is 0 Å². The molecule has 106 valence electrons. The molecule has 1 heterocycles. The lowest BCUT2D eigenvalue weighted by Gasteiger charge is -2.18. The third-order valence-corrected chi connectivity index (χ3v) is 3.24. The predicted octanol–water partition coefficient (Wildman–Crippen LogP) is 0.958. The Bertz CT molecular complexity index is 551. The molecule has 0 radical (unpaired) electrons. The topological polar surface area (TPSA) is 77.0 Å². The molecule has 20 heavy (non-hydrogen) atoms. The van der Waals surface area contributed by atoms with Crippen molar-refractivity contribution < 1.29 is 19.1 Å². The highest BCUT2D eigenvalue weighted by Gasteiger charge is 2.43. The lowest BCUT2D eigenvalue weighted by molar-refractivity contribution is -0.145. The van der Waals surface area contributed by atoms with Crippen molar-refractivity contribution in [2.75, 3.05) is 14.2 Å². The summed E-state index contributed by atoms with van der Waals surface area (Å²) in [6, 6.07) is 7.21. The SMILES string of the molecule is COC(=O)C1=NN[C@H](c2ccc(C)cc2)[C@H]1C(=O)OC. The molecule has 1 N–H and O–H groups in total. The molecule has 2 rings (SSSR count). The first kappa shape index (κ1) is 14.0. The molecule has 0 amide bonds. The van der Waals surface area contributed by atoms with Gasteiger partial charge < -0.3 is 14.9 Å². The van der Waals surface area contributed by atoms with Crippen molar-refractivity contribution in [2.45, 2.75) is 13.0 Å². The molecule has 2 atom stereocenters. The van der Waals surface area contributed by atoms with Gasteiger partial charge in [0.1, 0.15) is 5.92 Å². The van der Waals surface area contributed by atoms with E-state index < -0.39 is 23.9 Å². The van der Waals surface area contributed by atoms with Crippen LogP contribution in [-0.4, -0.2) is 31.9 Å². The smallest absolute Gasteiger partial charge is 0.355 e. The van der Waals surface area contributed by atoms with E-state index in [1.54, 1.807) is 0 Å². The Kier molecular flexibility index (Phi) is 4.02. The number of nitrogens with one attached hydrogen (secondary N) is 1. The van der Waals surface area contributed by atoms with Crippen molar-refractivity contribution in [1.82, 2.24) is 5.43 Å². The van der Waals surface area contributed by atoms with Crippen molar-refractivity contribution in [2.24, 2.45) is 11.0 Å². The number of methoxy groups -OCH3 is 2. The number of ether oxygens (including phenoxy) is 2. The Morgan fingerprint density at radius 1 is 1.15 bits per heavy atom. The van der Waals surface area contributed by atoms with Crippen molar-refractivity contribution in [3.63, 3.8) is 0 Å². The molecule has 0 saturated carbocycles. The van der Waals surface area contributed by atoms with Gasteiger partial charge in [-0.05, 0) is 12.5 Å². The van der Waals surface area contributed by atoms with Gasteiger partial charge in [-0.15, -0.1) is 0 Å². The number of rotatable bonds is 3. The summed E-state index contributed by atoms with van der Waals surface area (Å²) in [6.07, 6.45) is 0. The third-order valence-electron chi connectivity index (χ3n) is 3.24. The molecule has 0 spiro atoms. The Morgan fingerprint density at radius 2 is 1.80 bits per heavy atom. The standard InChI is InChI=1S/C14H16N2O4/c1-8-4-6-9(7-5-8)11-10(13(17)19-2)12(16-15-11)14(18)20-3/h4-7,10-11,15H,1-3H3/t10-,11-/m1/s1. The van der Waals surface area contributed by atoms with Gasteiger partial charge in [-0.3, -0.25) is 4.79 Å². The Morgan fingerprint density at radius 3 is 2.35 bits per heavy atom. The minimum atomic E-state index is -0.810. The Balaban J connectivity index is 2.33. The monoisotopic (exact) mass is 276 g/mol. The summed E-state index contributed by atoms with van der Waals surface area (Å²) in [5.41, 5.74) is 4.80. The Hall–Kier alpha value is -2.37. The van der Waals surface area contributed by atoms with Gasteiger partial charge in [0, 0.05) is 0 Å². The van der Waals surface area contributed by atoms with E-state index in [-0.39, 0.29) is 5.71 Å². The van der Waals surface area contributed by atoms with E-state index in [1.807, 2.05) is 31.2 Å². The maximum Gasteiger partial charge on any atom is 0.355 e. The van der Waals surface area contributed by atoms with E-state index in [0.717, 1.165) is 11.1 Å². The van der Waals surface area contributed by atoms with Crippen LogP contribution in [-0.2, 0) is 19.1 Å². The number of carbonyl (C=O) groups excluding carboxylic acids is 2. The van der Waals surface area contributed by atoms with Crippen molar-refractivity contribution in [3.05, 3.63) is 35.4 Å². The van der Waals surface area contributed by atoms with E-state index in [1.165, 1.54) is 14.2 Å². The second-order valence-electron chi connectivity index (χ2n) is 4.51. The first-order chi connectivity index (χ1) is 9.58. The van der Waals surface area contributed by atoms with E-state index in [0.29, 0.717) is 0 Å². The molecule has 1 aliphatic heterocycles. The highest BCUT2D eigenvalue weighted by Crippen LogP contribution is 2.29. The number of hydrazone groups is 1. The van der Waals surface area contributed by atoms with Gasteiger partial charge >= 0.3 is 11.9 Å². The summed E-state index contributed by atoms with van der Waals surface area (Å²) in [5.74, 6) is -1.97. The largest absolute Gasteiger partial charge is 0.468 e. The van der Waals surface area contributed by atoms with Gasteiger partial charge in [-0.1, -0.05) is 29.8 Å². The van der Waals surface area contributed by atoms with Crippen LogP contribution in [0.1, 0.15) is 17.2 Å². The number of nitrogens with zero attached hydrogens (tertiary/aromatic N) is 1. The number of benzene rings is 1. The van der Waals surface area contributed by atoms with Gasteiger partial charge in [0.25, 0.3) is 0 Å². The summed E-state index contributed by atoms with van der Waals surface area (Å²) in [7, 11) is 2.53. The molecule has 1 aromatic carbocycles. The van der Waals surface area contributed by atoms with E-state index >= 15 is 0 Å². The van der Waals surface area contributed by atoms with Crippen LogP contribution in [0.4, 0.5) is 0 Å². The fourth-order valence-corrected chi connectivity index (χ4v) is 2.13. The van der Waals surface area contributed by atoms with Crippen LogP contribution in [0, 0.1) is 12.8 Å². The summed E-state index contributed by atoms with van der Waals surface area (Å²) in [4.78, 5) is 23.6. The van der Waals surface area contributed by atoms with E-state index in [9.17, 15) is 9.59 Å². The Labute approximate surface area is 116 Å². The number of carbonyl (C=O) groups is 2. The molecular formula is C14H16N2O4. The first-order valence-electron chi connectivity index (χ1n) is 6.14. The quantitative estimate of drug-likeness (QED) is 0.832. The average Bonchev–Trinajstić information content (AvgIpc) is 2.91. The van der Waals surface area contributed by atoms with E-state index in [4.69, 9.17) is 4.74 Å². The van der Waals surface area contributed by atoms with Crippen LogP contribution in [0.5, 0.6) is 0 Å². The van der Waals surface area contributed by atoms with Crippen LogP contribution in [0.15, 0.2) is 29.4 Å². The molecule has 0 aromatic heterocycles. The summed E-state index contributed by atoms with van der Waals surface area (Å²) >= 11 is 0. The van der Waals surface area contributed by atoms with Gasteiger partial charge in [0.05, 0.1) is 20.3 Å². The highest BCUT2D eigenvalue weighted by molar-refractivity contribution is 6.41. The summed E-state index contributed by atoms with van der Waals surface area (Å²) in [6.45, 7) is 1.97. The van der Waals surface area contributed by atoms with Crippen molar-refractivity contribution in [3.8, 4) is 0 Å². The third kappa shape index (κ3) is 2.49. The molecule has 0 saturated heterocycles. The molecule has 1 aromatic rings. The second-order valence-corrected chi connectivity index (χ2v) is 4.51. The maximum atomic E-state index is 11.9. The van der Waals surface area contributed by atoms with Gasteiger partial charge in [-0.25, -0.2) is 4.79 Å². The molecule has 6 nitrogen and oxygen atoms in total. The van der Waals surface area contributed by atoms with Crippen molar-refractivity contribution >= 4 is 17.7 Å². The fraction of sp³-hybridized carbons (Fsp3) is 0.357. The lowest BCUT2D eigenvalue weighted by atomic mass is 9.90. The molecule has 0 bridgehead atoms. The zero-order valence-corrected chi connectivity index (χ0v) is 11.5. The number of hydrogen-bond donors (Lipinski definition) is 1. The zero-order chi connectivity index (χ0) is 14.7. The molecular weight excluding hydrogens is 260 g/mol. The molecule has 0 fully saturated rings. The first-order valence-corrected chi connectivity index (χ1v) is 6.14. The fourth-order valence-electron chi connectivity index (χ4n) is 2.13. The molecule has 1 aliphatic rings. The normalized spacial score (nSPS) is 20.9. The molecule has 0 aliphatic carbocycles. The van der Waals surface area contributed by atoms with Gasteiger partial charge in [0.15, 0.2) is 5.71 Å². The zero-order valence-electron chi connectivity index (χ0n) is 11.5. The number of aryl methyl sites for hydroxylation is 1. The number of hydrogen-bond acceptors (Lipinski definition) is 6. The second kappa shape index (κ2) is 5.73. The van der Waals surface area contributed by atoms with E-state index in [2.05, 4.69) is 15.3 Å². The van der Waals surface area contributed by atoms with Crippen molar-refractivity contribution in [1.29, 1.82) is 0 Å². The lowest BCUT2D eigenvalue weighted by Crippen LogP contribution is -2.34. The minimum absolute atomic E-state index is 0.0323. The predicted molar refractivity (Wildman–Crippen MR) is 72.0 cm³/mol. The van der Waals surface area contributed by atoms with Gasteiger partial charge in [-0.2, -0.15) is 5.10 Å². The van der Waals surface area contributed by atoms with Crippen LogP contribution < -0.4 is 5.43 Å². The van der Waals surface area contributed by atoms with Crippen LogP contribution in [0.2, 0.25) is 0 Å². The average molecular weight is 276 g/mol. The maximum absolute atomic E-state index is 11.9. The van der Waals surface area contributed by atoms with Crippen LogP contribution in [0.3, 0.4) is 0 Å². The minimum Gasteiger partial charge on any atom is -0.468 e. The van der Waals surface area contributed by atoms with Gasteiger partial charge in [0.2, 0.25) is 0 Å². The molecule has 6 heteroatoms. The number of esters is 2. The summed E-state index contributed by atoms with van der Waals surface area (Å²) < 4.78 is 9.41. The highest BCUT2D eigenvalue weighted by atomic mass is 16.5. The van der Waals surface area contributed by atoms with Crippen LogP contribution >= 0.6 is 0 Å². The summed E-state index contributed by atoms with van der Waals surface area (Å²) in [5, 5.41) is 3.93.